The molecule has 3 N–H and O–H groups in total. The number of nitrogens with one attached hydrogen (secondary N) is 1. The Bertz CT molecular complexity index is 549. The van der Waals surface area contributed by atoms with Gasteiger partial charge in [-0.05, 0) is 48.4 Å². The first kappa shape index (κ1) is 14.8. The summed E-state index contributed by atoms with van der Waals surface area (Å²) in [5, 5.41) is 0. The van der Waals surface area contributed by atoms with Gasteiger partial charge in [-0.3, -0.25) is 11.3 Å². The van der Waals surface area contributed by atoms with Crippen molar-refractivity contribution in [1.29, 1.82) is 0 Å². The Morgan fingerprint density at radius 3 is 2.60 bits per heavy atom. The van der Waals surface area contributed by atoms with Gasteiger partial charge in [0, 0.05) is 6.04 Å². The number of hydrogen-bond acceptors (Lipinski definition) is 2. The van der Waals surface area contributed by atoms with E-state index in [4.69, 9.17) is 5.84 Å². The molecule has 0 aliphatic carbocycles. The highest BCUT2D eigenvalue weighted by atomic mass is 15.2. The van der Waals surface area contributed by atoms with E-state index in [9.17, 15) is 0 Å². The van der Waals surface area contributed by atoms with E-state index >= 15 is 0 Å². The summed E-state index contributed by atoms with van der Waals surface area (Å²) in [5.74, 6) is 5.75. The Balaban J connectivity index is 2.07. The van der Waals surface area contributed by atoms with Crippen molar-refractivity contribution in [3.63, 3.8) is 0 Å². The first-order valence-electron chi connectivity index (χ1n) is 7.34. The summed E-state index contributed by atoms with van der Waals surface area (Å²) < 4.78 is 0. The van der Waals surface area contributed by atoms with E-state index in [1.807, 2.05) is 0 Å². The predicted octanol–water partition coefficient (Wildman–Crippen LogP) is 3.69. The average molecular weight is 268 g/mol. The standard InChI is InChI=1S/C18H24N2/c1-3-15-8-6-10-17(13-15)18(20-19)12-11-16-9-5-4-7-14(16)2/h4-10,13,18,20H,3,11-12,19H2,1-2H3. The summed E-state index contributed by atoms with van der Waals surface area (Å²) in [6.07, 6.45) is 3.11. The molecule has 2 aromatic carbocycles. The Kier molecular flexibility index (Phi) is 5.33. The molecule has 0 aromatic heterocycles. The van der Waals surface area contributed by atoms with Crippen molar-refractivity contribution < 1.29 is 0 Å². The molecule has 2 nitrogen and oxygen atoms in total. The van der Waals surface area contributed by atoms with Crippen LogP contribution >= 0.6 is 0 Å². The molecule has 106 valence electrons. The fourth-order valence-corrected chi connectivity index (χ4v) is 2.57. The molecular formula is C18H24N2. The molecule has 0 heterocycles. The third-order valence-corrected chi connectivity index (χ3v) is 3.93. The van der Waals surface area contributed by atoms with Gasteiger partial charge in [0.25, 0.3) is 0 Å². The highest BCUT2D eigenvalue weighted by Crippen LogP contribution is 2.21. The molecule has 0 saturated carbocycles. The maximum Gasteiger partial charge on any atom is 0.0463 e. The molecule has 0 radical (unpaired) electrons. The van der Waals surface area contributed by atoms with Crippen molar-refractivity contribution in [1.82, 2.24) is 5.43 Å². The Morgan fingerprint density at radius 2 is 1.90 bits per heavy atom. The number of benzene rings is 2. The van der Waals surface area contributed by atoms with E-state index in [-0.39, 0.29) is 6.04 Å². The summed E-state index contributed by atoms with van der Waals surface area (Å²) in [6.45, 7) is 4.34. The number of rotatable bonds is 6. The van der Waals surface area contributed by atoms with Crippen molar-refractivity contribution >= 4 is 0 Å². The van der Waals surface area contributed by atoms with Gasteiger partial charge in [-0.15, -0.1) is 0 Å². The Labute approximate surface area is 122 Å². The highest BCUT2D eigenvalue weighted by molar-refractivity contribution is 5.28. The molecule has 0 spiro atoms. The number of hydrogen-bond donors (Lipinski definition) is 2. The maximum atomic E-state index is 5.75. The second kappa shape index (κ2) is 7.22. The number of aryl methyl sites for hydroxylation is 3. The quantitative estimate of drug-likeness (QED) is 0.619. The van der Waals surface area contributed by atoms with Gasteiger partial charge in [0.15, 0.2) is 0 Å². The molecule has 1 unspecified atom stereocenters. The minimum atomic E-state index is 0.209. The Morgan fingerprint density at radius 1 is 1.10 bits per heavy atom. The number of nitrogens with two attached hydrogens (primary N) is 1. The van der Waals surface area contributed by atoms with Crippen molar-refractivity contribution in [3.05, 3.63) is 70.8 Å². The smallest absolute Gasteiger partial charge is 0.0463 e. The second-order valence-corrected chi connectivity index (χ2v) is 5.28. The molecule has 2 rings (SSSR count). The van der Waals surface area contributed by atoms with Gasteiger partial charge in [-0.25, -0.2) is 0 Å². The highest BCUT2D eigenvalue weighted by Gasteiger charge is 2.10. The first-order chi connectivity index (χ1) is 9.74. The van der Waals surface area contributed by atoms with Crippen LogP contribution < -0.4 is 11.3 Å². The molecule has 0 fully saturated rings. The molecule has 0 saturated heterocycles. The summed E-state index contributed by atoms with van der Waals surface area (Å²) in [4.78, 5) is 0. The van der Waals surface area contributed by atoms with Crippen LogP contribution in [0.25, 0.3) is 0 Å². The van der Waals surface area contributed by atoms with Crippen LogP contribution in [0.15, 0.2) is 48.5 Å². The van der Waals surface area contributed by atoms with E-state index in [0.29, 0.717) is 0 Å². The molecule has 1 atom stereocenters. The van der Waals surface area contributed by atoms with Crippen LogP contribution in [-0.2, 0) is 12.8 Å². The lowest BCUT2D eigenvalue weighted by Crippen LogP contribution is -2.28. The van der Waals surface area contributed by atoms with Gasteiger partial charge in [0.1, 0.15) is 0 Å². The van der Waals surface area contributed by atoms with Crippen molar-refractivity contribution in [2.75, 3.05) is 0 Å². The van der Waals surface area contributed by atoms with E-state index in [0.717, 1.165) is 19.3 Å². The van der Waals surface area contributed by atoms with Gasteiger partial charge >= 0.3 is 0 Å². The fraction of sp³-hybridized carbons (Fsp3) is 0.333. The lowest BCUT2D eigenvalue weighted by atomic mass is 9.96. The lowest BCUT2D eigenvalue weighted by molar-refractivity contribution is 0.515. The molecule has 0 bridgehead atoms. The molecule has 0 aliphatic rings. The average Bonchev–Trinajstić information content (AvgIpc) is 2.50. The van der Waals surface area contributed by atoms with Crippen LogP contribution in [0.4, 0.5) is 0 Å². The van der Waals surface area contributed by atoms with Crippen LogP contribution in [0.3, 0.4) is 0 Å². The summed E-state index contributed by atoms with van der Waals surface area (Å²) >= 11 is 0. The van der Waals surface area contributed by atoms with E-state index < -0.39 is 0 Å². The monoisotopic (exact) mass is 268 g/mol. The molecular weight excluding hydrogens is 244 g/mol. The topological polar surface area (TPSA) is 38.0 Å². The van der Waals surface area contributed by atoms with Gasteiger partial charge in [0.05, 0.1) is 0 Å². The number of hydrazine groups is 1. The minimum absolute atomic E-state index is 0.209. The van der Waals surface area contributed by atoms with Crippen molar-refractivity contribution in [2.24, 2.45) is 5.84 Å². The van der Waals surface area contributed by atoms with Crippen molar-refractivity contribution in [2.45, 2.75) is 39.2 Å². The van der Waals surface area contributed by atoms with E-state index in [2.05, 4.69) is 67.8 Å². The van der Waals surface area contributed by atoms with Gasteiger partial charge in [0.2, 0.25) is 0 Å². The molecule has 2 heteroatoms. The normalized spacial score (nSPS) is 12.3. The van der Waals surface area contributed by atoms with Crippen LogP contribution in [-0.4, -0.2) is 0 Å². The maximum absolute atomic E-state index is 5.75. The zero-order chi connectivity index (χ0) is 14.4. The molecule has 2 aromatic rings. The minimum Gasteiger partial charge on any atom is -0.271 e. The second-order valence-electron chi connectivity index (χ2n) is 5.28. The van der Waals surface area contributed by atoms with Gasteiger partial charge in [-0.1, -0.05) is 55.5 Å². The zero-order valence-corrected chi connectivity index (χ0v) is 12.4. The molecule has 20 heavy (non-hydrogen) atoms. The zero-order valence-electron chi connectivity index (χ0n) is 12.4. The van der Waals surface area contributed by atoms with Crippen LogP contribution in [0.5, 0.6) is 0 Å². The lowest BCUT2D eigenvalue weighted by Gasteiger charge is -2.17. The van der Waals surface area contributed by atoms with E-state index in [1.165, 1.54) is 22.3 Å². The van der Waals surface area contributed by atoms with Crippen LogP contribution in [0.2, 0.25) is 0 Å². The summed E-state index contributed by atoms with van der Waals surface area (Å²) in [7, 11) is 0. The molecule has 0 amide bonds. The molecule has 0 aliphatic heterocycles. The summed E-state index contributed by atoms with van der Waals surface area (Å²) in [5.41, 5.74) is 8.35. The fourth-order valence-electron chi connectivity index (χ4n) is 2.57. The van der Waals surface area contributed by atoms with Gasteiger partial charge in [-0.2, -0.15) is 0 Å². The van der Waals surface area contributed by atoms with Crippen LogP contribution in [0, 0.1) is 6.92 Å². The first-order valence-corrected chi connectivity index (χ1v) is 7.34. The largest absolute Gasteiger partial charge is 0.271 e. The third-order valence-electron chi connectivity index (χ3n) is 3.93. The SMILES string of the molecule is CCc1cccc(C(CCc2ccccc2C)NN)c1. The predicted molar refractivity (Wildman–Crippen MR) is 85.4 cm³/mol. The summed E-state index contributed by atoms with van der Waals surface area (Å²) in [6, 6.07) is 17.5. The third kappa shape index (κ3) is 3.69. The van der Waals surface area contributed by atoms with E-state index in [1.54, 1.807) is 0 Å². The van der Waals surface area contributed by atoms with Crippen molar-refractivity contribution in [3.8, 4) is 0 Å². The Hall–Kier alpha value is -1.64. The van der Waals surface area contributed by atoms with Gasteiger partial charge < -0.3 is 0 Å². The van der Waals surface area contributed by atoms with Crippen LogP contribution in [0.1, 0.15) is 41.6 Å².